The molecule has 5 heteroatoms. The molecule has 3 nitrogen and oxygen atoms in total. The van der Waals surface area contributed by atoms with Gasteiger partial charge in [0.25, 0.3) is 0 Å². The Labute approximate surface area is 129 Å². The van der Waals surface area contributed by atoms with Gasteiger partial charge in [-0.2, -0.15) is 0 Å². The predicted octanol–water partition coefficient (Wildman–Crippen LogP) is 3.73. The molecule has 0 spiro atoms. The van der Waals surface area contributed by atoms with Gasteiger partial charge in [-0.15, -0.1) is 22.9 Å². The summed E-state index contributed by atoms with van der Waals surface area (Å²) in [5.74, 6) is 0.514. The van der Waals surface area contributed by atoms with Crippen molar-refractivity contribution in [2.24, 2.45) is 0 Å². The highest BCUT2D eigenvalue weighted by Gasteiger charge is 2.05. The monoisotopic (exact) mass is 309 g/mol. The van der Waals surface area contributed by atoms with Gasteiger partial charge in [0.05, 0.1) is 16.6 Å². The maximum atomic E-state index is 5.77. The molecule has 20 heavy (non-hydrogen) atoms. The predicted molar refractivity (Wildman–Crippen MR) is 85.2 cm³/mol. The molecule has 0 unspecified atom stereocenters. The lowest BCUT2D eigenvalue weighted by molar-refractivity contribution is 0.276. The first kappa shape index (κ1) is 15.4. The zero-order valence-corrected chi connectivity index (χ0v) is 13.3. The van der Waals surface area contributed by atoms with Crippen LogP contribution in [0.25, 0.3) is 0 Å². The maximum absolute atomic E-state index is 5.77. The van der Waals surface area contributed by atoms with Crippen LogP contribution in [0, 0.1) is 0 Å². The Morgan fingerprint density at radius 3 is 2.75 bits per heavy atom. The lowest BCUT2D eigenvalue weighted by atomic mass is 10.2. The van der Waals surface area contributed by atoms with Crippen LogP contribution in [0.4, 0.5) is 0 Å². The molecule has 0 saturated heterocycles. The second kappa shape index (κ2) is 8.35. The van der Waals surface area contributed by atoms with E-state index in [1.54, 1.807) is 11.3 Å². The van der Waals surface area contributed by atoms with Crippen molar-refractivity contribution >= 4 is 22.9 Å². The first-order chi connectivity index (χ1) is 9.81. The molecule has 108 valence electrons. The summed E-state index contributed by atoms with van der Waals surface area (Å²) in [5, 5.41) is 3.25. The summed E-state index contributed by atoms with van der Waals surface area (Å²) in [7, 11) is 0. The first-order valence-corrected chi connectivity index (χ1v) is 8.33. The fourth-order valence-electron chi connectivity index (χ4n) is 2.07. The summed E-state index contributed by atoms with van der Waals surface area (Å²) in [5.41, 5.74) is 2.32. The summed E-state index contributed by atoms with van der Waals surface area (Å²) in [6.45, 7) is 5.35. The third-order valence-electron chi connectivity index (χ3n) is 3.20. The highest BCUT2D eigenvalue weighted by Crippen LogP contribution is 2.14. The number of aromatic nitrogens is 2. The Kier molecular flexibility index (Phi) is 6.43. The highest BCUT2D eigenvalue weighted by atomic mass is 35.5. The van der Waals surface area contributed by atoms with Crippen molar-refractivity contribution in [3.05, 3.63) is 46.2 Å². The van der Waals surface area contributed by atoms with Gasteiger partial charge in [0.15, 0.2) is 0 Å². The van der Waals surface area contributed by atoms with Crippen LogP contribution >= 0.6 is 22.9 Å². The van der Waals surface area contributed by atoms with Crippen molar-refractivity contribution in [2.45, 2.75) is 32.2 Å². The van der Waals surface area contributed by atoms with Crippen molar-refractivity contribution in [2.75, 3.05) is 13.1 Å². The van der Waals surface area contributed by atoms with Gasteiger partial charge in [-0.3, -0.25) is 9.88 Å². The van der Waals surface area contributed by atoms with Gasteiger partial charge in [-0.1, -0.05) is 6.92 Å². The maximum Gasteiger partial charge on any atom is 0.0929 e. The third-order valence-corrected chi connectivity index (χ3v) is 4.44. The average molecular weight is 310 g/mol. The Hall–Kier alpha value is -0.970. The fraction of sp³-hybridized carbons (Fsp3) is 0.467. The minimum Gasteiger partial charge on any atom is -0.299 e. The highest BCUT2D eigenvalue weighted by molar-refractivity contribution is 7.09. The fourth-order valence-corrected chi connectivity index (χ4v) is 3.14. The van der Waals surface area contributed by atoms with E-state index in [9.17, 15) is 0 Å². The molecular weight excluding hydrogens is 290 g/mol. The number of aryl methyl sites for hydroxylation is 1. The molecule has 0 radical (unpaired) electrons. The molecule has 0 fully saturated rings. The van der Waals surface area contributed by atoms with Crippen LogP contribution in [0.2, 0.25) is 0 Å². The van der Waals surface area contributed by atoms with E-state index in [2.05, 4.69) is 39.3 Å². The Morgan fingerprint density at radius 1 is 1.30 bits per heavy atom. The SMILES string of the molecule is CCN(CCCc1nc(CCl)cs1)Cc1ccncc1. The Morgan fingerprint density at radius 2 is 2.10 bits per heavy atom. The van der Waals surface area contributed by atoms with E-state index < -0.39 is 0 Å². The molecule has 2 rings (SSSR count). The van der Waals surface area contributed by atoms with Crippen LogP contribution in [-0.4, -0.2) is 28.0 Å². The number of nitrogens with zero attached hydrogens (tertiary/aromatic N) is 3. The summed E-state index contributed by atoms with van der Waals surface area (Å²) in [4.78, 5) is 11.0. The van der Waals surface area contributed by atoms with E-state index >= 15 is 0 Å². The van der Waals surface area contributed by atoms with Gasteiger partial charge in [0.1, 0.15) is 0 Å². The van der Waals surface area contributed by atoms with E-state index in [1.807, 2.05) is 12.4 Å². The first-order valence-electron chi connectivity index (χ1n) is 6.92. The van der Waals surface area contributed by atoms with Crippen molar-refractivity contribution in [3.8, 4) is 0 Å². The van der Waals surface area contributed by atoms with Crippen LogP contribution < -0.4 is 0 Å². The van der Waals surface area contributed by atoms with Crippen molar-refractivity contribution in [1.82, 2.24) is 14.9 Å². The standard InChI is InChI=1S/C15H20ClN3S/c1-2-19(11-13-5-7-17-8-6-13)9-3-4-15-18-14(10-16)12-20-15/h5-8,12H,2-4,9-11H2,1H3. The molecule has 0 atom stereocenters. The van der Waals surface area contributed by atoms with E-state index in [1.165, 1.54) is 10.6 Å². The normalized spacial score (nSPS) is 11.2. The smallest absolute Gasteiger partial charge is 0.0929 e. The van der Waals surface area contributed by atoms with Gasteiger partial charge in [0.2, 0.25) is 0 Å². The summed E-state index contributed by atoms with van der Waals surface area (Å²) >= 11 is 7.48. The van der Waals surface area contributed by atoms with E-state index in [0.717, 1.165) is 38.2 Å². The van der Waals surface area contributed by atoms with Crippen LogP contribution in [0.15, 0.2) is 29.9 Å². The van der Waals surface area contributed by atoms with Crippen LogP contribution in [0.5, 0.6) is 0 Å². The van der Waals surface area contributed by atoms with Gasteiger partial charge in [-0.25, -0.2) is 4.98 Å². The van der Waals surface area contributed by atoms with Crippen molar-refractivity contribution < 1.29 is 0 Å². The summed E-state index contributed by atoms with van der Waals surface area (Å²) < 4.78 is 0. The van der Waals surface area contributed by atoms with E-state index in [-0.39, 0.29) is 0 Å². The van der Waals surface area contributed by atoms with E-state index in [0.29, 0.717) is 5.88 Å². The van der Waals surface area contributed by atoms with E-state index in [4.69, 9.17) is 11.6 Å². The molecule has 0 aliphatic heterocycles. The molecular formula is C15H20ClN3S. The zero-order chi connectivity index (χ0) is 14.2. The van der Waals surface area contributed by atoms with Crippen molar-refractivity contribution in [1.29, 1.82) is 0 Å². The molecule has 0 aromatic carbocycles. The zero-order valence-electron chi connectivity index (χ0n) is 11.8. The number of hydrogen-bond donors (Lipinski definition) is 0. The summed E-state index contributed by atoms with van der Waals surface area (Å²) in [6, 6.07) is 4.16. The second-order valence-electron chi connectivity index (χ2n) is 4.69. The van der Waals surface area contributed by atoms with Crippen LogP contribution in [0.3, 0.4) is 0 Å². The average Bonchev–Trinajstić information content (AvgIpc) is 2.95. The number of halogens is 1. The Bertz CT molecular complexity index is 501. The molecule has 2 aromatic heterocycles. The largest absolute Gasteiger partial charge is 0.299 e. The number of pyridine rings is 1. The lowest BCUT2D eigenvalue weighted by Crippen LogP contribution is -2.24. The molecule has 0 aliphatic rings. The Balaban J connectivity index is 1.76. The quantitative estimate of drug-likeness (QED) is 0.696. The van der Waals surface area contributed by atoms with Gasteiger partial charge in [-0.05, 0) is 37.2 Å². The lowest BCUT2D eigenvalue weighted by Gasteiger charge is -2.20. The molecule has 2 aromatic rings. The van der Waals surface area contributed by atoms with Crippen LogP contribution in [0.1, 0.15) is 29.6 Å². The number of thiazole rings is 1. The van der Waals surface area contributed by atoms with Crippen molar-refractivity contribution in [3.63, 3.8) is 0 Å². The minimum atomic E-state index is 0.514. The summed E-state index contributed by atoms with van der Waals surface area (Å²) in [6.07, 6.45) is 5.88. The number of rotatable bonds is 8. The van der Waals surface area contributed by atoms with Gasteiger partial charge < -0.3 is 0 Å². The molecule has 0 N–H and O–H groups in total. The molecule has 2 heterocycles. The van der Waals surface area contributed by atoms with Gasteiger partial charge >= 0.3 is 0 Å². The molecule has 0 amide bonds. The number of hydrogen-bond acceptors (Lipinski definition) is 4. The van der Waals surface area contributed by atoms with Gasteiger partial charge in [0, 0.05) is 30.7 Å². The molecule has 0 saturated carbocycles. The molecule has 0 bridgehead atoms. The third kappa shape index (κ3) is 4.85. The minimum absolute atomic E-state index is 0.514. The number of alkyl halides is 1. The topological polar surface area (TPSA) is 29.0 Å². The van der Waals surface area contributed by atoms with Crippen LogP contribution in [-0.2, 0) is 18.8 Å². The molecule has 0 aliphatic carbocycles. The second-order valence-corrected chi connectivity index (χ2v) is 5.90.